The van der Waals surface area contributed by atoms with Crippen LogP contribution in [0.25, 0.3) is 17.1 Å². The van der Waals surface area contributed by atoms with Crippen LogP contribution in [0.15, 0.2) is 47.2 Å². The molecule has 0 amide bonds. The van der Waals surface area contributed by atoms with E-state index in [0.29, 0.717) is 21.7 Å². The van der Waals surface area contributed by atoms with Gasteiger partial charge in [-0.2, -0.15) is 0 Å². The van der Waals surface area contributed by atoms with Crippen molar-refractivity contribution in [3.05, 3.63) is 47.2 Å². The molecular weight excluding hydrogens is 308 g/mol. The minimum Gasteiger partial charge on any atom is -0.396 e. The predicted octanol–water partition coefficient (Wildman–Crippen LogP) is 2.07. The molecule has 94 valence electrons. The SMILES string of the molecule is Nc1cncc(Br)c1-n1nnc(-c2ccccc2)n1. The molecule has 19 heavy (non-hydrogen) atoms. The van der Waals surface area contributed by atoms with Gasteiger partial charge >= 0.3 is 0 Å². The number of halogens is 1. The smallest absolute Gasteiger partial charge is 0.205 e. The van der Waals surface area contributed by atoms with E-state index in [1.54, 1.807) is 12.4 Å². The summed E-state index contributed by atoms with van der Waals surface area (Å²) in [7, 11) is 0. The molecule has 0 saturated carbocycles. The Labute approximate surface area is 117 Å². The molecule has 2 aromatic heterocycles. The van der Waals surface area contributed by atoms with Crippen molar-refractivity contribution < 1.29 is 0 Å². The van der Waals surface area contributed by atoms with Gasteiger partial charge < -0.3 is 5.73 Å². The zero-order valence-corrected chi connectivity index (χ0v) is 11.3. The minimum atomic E-state index is 0.478. The van der Waals surface area contributed by atoms with Gasteiger partial charge in [-0.1, -0.05) is 30.3 Å². The Bertz CT molecular complexity index is 689. The summed E-state index contributed by atoms with van der Waals surface area (Å²) in [4.78, 5) is 5.37. The number of pyridine rings is 1. The molecule has 0 radical (unpaired) electrons. The Hall–Kier alpha value is -2.28. The Kier molecular flexibility index (Phi) is 2.96. The first kappa shape index (κ1) is 11.8. The largest absolute Gasteiger partial charge is 0.396 e. The van der Waals surface area contributed by atoms with Gasteiger partial charge in [0.25, 0.3) is 0 Å². The quantitative estimate of drug-likeness (QED) is 0.782. The summed E-state index contributed by atoms with van der Waals surface area (Å²) in [6.45, 7) is 0. The third-order valence-corrected chi connectivity index (χ3v) is 3.13. The molecule has 1 aromatic carbocycles. The molecule has 0 saturated heterocycles. The van der Waals surface area contributed by atoms with Crippen molar-refractivity contribution in [3.8, 4) is 17.1 Å². The van der Waals surface area contributed by atoms with Gasteiger partial charge in [0, 0.05) is 11.8 Å². The maximum absolute atomic E-state index is 5.88. The molecule has 0 bridgehead atoms. The van der Waals surface area contributed by atoms with Crippen LogP contribution < -0.4 is 5.73 Å². The topological polar surface area (TPSA) is 82.5 Å². The fourth-order valence-corrected chi connectivity index (χ4v) is 2.17. The van der Waals surface area contributed by atoms with Crippen LogP contribution in [0.1, 0.15) is 0 Å². The number of aromatic nitrogens is 5. The second kappa shape index (κ2) is 4.77. The van der Waals surface area contributed by atoms with Crippen molar-refractivity contribution in [3.63, 3.8) is 0 Å². The number of anilines is 1. The normalized spacial score (nSPS) is 10.6. The number of nitrogens with zero attached hydrogens (tertiary/aromatic N) is 5. The van der Waals surface area contributed by atoms with E-state index >= 15 is 0 Å². The first-order valence-electron chi connectivity index (χ1n) is 5.50. The number of nitrogen functional groups attached to an aromatic ring is 1. The van der Waals surface area contributed by atoms with E-state index in [1.807, 2.05) is 30.3 Å². The first-order chi connectivity index (χ1) is 9.25. The van der Waals surface area contributed by atoms with E-state index in [4.69, 9.17) is 5.73 Å². The number of benzene rings is 1. The van der Waals surface area contributed by atoms with E-state index in [0.717, 1.165) is 5.56 Å². The summed E-state index contributed by atoms with van der Waals surface area (Å²) >= 11 is 3.38. The molecule has 0 aliphatic carbocycles. The number of nitrogens with two attached hydrogens (primary N) is 1. The molecule has 0 fully saturated rings. The highest BCUT2D eigenvalue weighted by Gasteiger charge is 2.12. The van der Waals surface area contributed by atoms with E-state index < -0.39 is 0 Å². The average Bonchev–Trinajstić information content (AvgIpc) is 2.89. The number of hydrogen-bond acceptors (Lipinski definition) is 5. The second-order valence-electron chi connectivity index (χ2n) is 3.83. The summed E-state index contributed by atoms with van der Waals surface area (Å²) < 4.78 is 0.713. The molecule has 3 rings (SSSR count). The Morgan fingerprint density at radius 3 is 2.63 bits per heavy atom. The summed E-state index contributed by atoms with van der Waals surface area (Å²) in [5.41, 5.74) is 7.89. The van der Waals surface area contributed by atoms with Crippen molar-refractivity contribution in [2.45, 2.75) is 0 Å². The van der Waals surface area contributed by atoms with E-state index in [2.05, 4.69) is 36.3 Å². The number of rotatable bonds is 2. The molecule has 3 aromatic rings. The summed E-state index contributed by atoms with van der Waals surface area (Å²) in [6.07, 6.45) is 3.18. The van der Waals surface area contributed by atoms with Gasteiger partial charge in [-0.3, -0.25) is 4.98 Å². The monoisotopic (exact) mass is 316 g/mol. The van der Waals surface area contributed by atoms with Gasteiger partial charge in [0.2, 0.25) is 5.82 Å². The van der Waals surface area contributed by atoms with Crippen LogP contribution in [0.4, 0.5) is 5.69 Å². The average molecular weight is 317 g/mol. The molecule has 6 nitrogen and oxygen atoms in total. The standard InChI is InChI=1S/C12H9BrN6/c13-9-6-15-7-10(14)11(9)19-17-12(16-18-19)8-4-2-1-3-5-8/h1-7H,14H2. The lowest BCUT2D eigenvalue weighted by Crippen LogP contribution is -2.05. The van der Waals surface area contributed by atoms with Crippen LogP contribution in [-0.4, -0.2) is 25.2 Å². The van der Waals surface area contributed by atoms with Crippen molar-refractivity contribution in [2.24, 2.45) is 0 Å². The fraction of sp³-hybridized carbons (Fsp3) is 0. The number of hydrogen-bond donors (Lipinski definition) is 1. The highest BCUT2D eigenvalue weighted by atomic mass is 79.9. The van der Waals surface area contributed by atoms with Crippen molar-refractivity contribution in [2.75, 3.05) is 5.73 Å². The van der Waals surface area contributed by atoms with Crippen LogP contribution in [0.3, 0.4) is 0 Å². The summed E-state index contributed by atoms with van der Waals surface area (Å²) in [5, 5.41) is 12.4. The summed E-state index contributed by atoms with van der Waals surface area (Å²) in [6, 6.07) is 9.63. The fourth-order valence-electron chi connectivity index (χ4n) is 1.67. The van der Waals surface area contributed by atoms with Crippen LogP contribution in [0.5, 0.6) is 0 Å². The van der Waals surface area contributed by atoms with E-state index in [-0.39, 0.29) is 0 Å². The third-order valence-electron chi connectivity index (χ3n) is 2.55. The van der Waals surface area contributed by atoms with E-state index in [1.165, 1.54) is 4.80 Å². The molecular formula is C12H9BrN6. The molecule has 2 heterocycles. The van der Waals surface area contributed by atoms with Gasteiger partial charge in [-0.05, 0) is 21.1 Å². The second-order valence-corrected chi connectivity index (χ2v) is 4.68. The number of tetrazole rings is 1. The zero-order valence-electron chi connectivity index (χ0n) is 9.73. The molecule has 7 heteroatoms. The minimum absolute atomic E-state index is 0.478. The van der Waals surface area contributed by atoms with Gasteiger partial charge in [0.05, 0.1) is 16.4 Å². The lowest BCUT2D eigenvalue weighted by molar-refractivity contribution is 0.718. The predicted molar refractivity (Wildman–Crippen MR) is 74.5 cm³/mol. The maximum atomic E-state index is 5.88. The molecule has 2 N–H and O–H groups in total. The van der Waals surface area contributed by atoms with Crippen molar-refractivity contribution in [1.82, 2.24) is 25.2 Å². The van der Waals surface area contributed by atoms with E-state index in [9.17, 15) is 0 Å². The van der Waals surface area contributed by atoms with Crippen LogP contribution in [-0.2, 0) is 0 Å². The van der Waals surface area contributed by atoms with Crippen LogP contribution in [0, 0.1) is 0 Å². The van der Waals surface area contributed by atoms with Gasteiger partial charge in [0.1, 0.15) is 5.69 Å². The lowest BCUT2D eigenvalue weighted by atomic mass is 10.2. The molecule has 0 unspecified atom stereocenters. The summed E-state index contributed by atoms with van der Waals surface area (Å²) in [5.74, 6) is 0.545. The van der Waals surface area contributed by atoms with Crippen molar-refractivity contribution >= 4 is 21.6 Å². The third kappa shape index (κ3) is 2.19. The first-order valence-corrected chi connectivity index (χ1v) is 6.30. The molecule has 0 atom stereocenters. The zero-order chi connectivity index (χ0) is 13.2. The Morgan fingerprint density at radius 1 is 1.11 bits per heavy atom. The molecule has 0 aliphatic rings. The van der Waals surface area contributed by atoms with Gasteiger partial charge in [0.15, 0.2) is 0 Å². The van der Waals surface area contributed by atoms with Gasteiger partial charge in [-0.25, -0.2) is 0 Å². The highest BCUT2D eigenvalue weighted by Crippen LogP contribution is 2.24. The highest BCUT2D eigenvalue weighted by molar-refractivity contribution is 9.10. The lowest BCUT2D eigenvalue weighted by Gasteiger charge is -2.04. The van der Waals surface area contributed by atoms with Gasteiger partial charge in [-0.15, -0.1) is 15.0 Å². The van der Waals surface area contributed by atoms with Crippen molar-refractivity contribution in [1.29, 1.82) is 0 Å². The molecule has 0 aliphatic heterocycles. The maximum Gasteiger partial charge on any atom is 0.205 e. The van der Waals surface area contributed by atoms with Crippen LogP contribution >= 0.6 is 15.9 Å². The van der Waals surface area contributed by atoms with Crippen LogP contribution in [0.2, 0.25) is 0 Å². The molecule has 0 spiro atoms. The Balaban J connectivity index is 2.07. The Morgan fingerprint density at radius 2 is 1.89 bits per heavy atom.